The van der Waals surface area contributed by atoms with Crippen molar-refractivity contribution in [2.24, 2.45) is 29.1 Å². The van der Waals surface area contributed by atoms with Gasteiger partial charge in [-0.1, -0.05) is 6.92 Å². The quantitative estimate of drug-likeness (QED) is 0.679. The van der Waals surface area contributed by atoms with E-state index in [1.165, 1.54) is 0 Å². The molecule has 0 spiro atoms. The van der Waals surface area contributed by atoms with E-state index in [2.05, 4.69) is 6.92 Å². The zero-order chi connectivity index (χ0) is 14.8. The largest absolute Gasteiger partial charge is 0.300 e. The van der Waals surface area contributed by atoms with Gasteiger partial charge in [-0.3, -0.25) is 9.59 Å². The van der Waals surface area contributed by atoms with Crippen LogP contribution in [-0.4, -0.2) is 17.2 Å². The van der Waals surface area contributed by atoms with E-state index in [9.17, 15) is 9.59 Å². The van der Waals surface area contributed by atoms with Crippen LogP contribution >= 0.6 is 0 Å². The highest BCUT2D eigenvalue weighted by Crippen LogP contribution is 2.63. The Balaban J connectivity index is 1.65. The Morgan fingerprint density at radius 1 is 1.00 bits per heavy atom. The number of fused-ring (bicyclic) bond motifs is 5. The van der Waals surface area contributed by atoms with Gasteiger partial charge in [0.05, 0.1) is 0 Å². The fourth-order valence-electron chi connectivity index (χ4n) is 6.36. The van der Waals surface area contributed by atoms with Gasteiger partial charge in [-0.25, -0.2) is 4.39 Å². The van der Waals surface area contributed by atoms with Gasteiger partial charge in [-0.05, 0) is 56.3 Å². The lowest BCUT2D eigenvalue weighted by Crippen LogP contribution is -2.56. The fraction of sp³-hybridized carbons (Fsp3) is 0.889. The first-order chi connectivity index (χ1) is 9.95. The van der Waals surface area contributed by atoms with Crippen molar-refractivity contribution in [2.75, 3.05) is 0 Å². The van der Waals surface area contributed by atoms with E-state index in [1.54, 1.807) is 0 Å². The number of carbonyl (C=O) groups excluding carboxylic acids is 2. The first kappa shape index (κ1) is 13.9. The van der Waals surface area contributed by atoms with E-state index in [0.717, 1.165) is 32.1 Å². The van der Waals surface area contributed by atoms with Crippen LogP contribution in [0.5, 0.6) is 0 Å². The summed E-state index contributed by atoms with van der Waals surface area (Å²) in [7, 11) is 0. The molecule has 0 saturated heterocycles. The summed E-state index contributed by atoms with van der Waals surface area (Å²) in [5.41, 5.74) is -1.29. The van der Waals surface area contributed by atoms with Gasteiger partial charge < -0.3 is 0 Å². The summed E-state index contributed by atoms with van der Waals surface area (Å²) >= 11 is 0. The third-order valence-corrected chi connectivity index (χ3v) is 7.55. The average molecular weight is 292 g/mol. The number of carbonyl (C=O) groups is 2. The minimum Gasteiger partial charge on any atom is -0.300 e. The molecule has 3 heteroatoms. The van der Waals surface area contributed by atoms with Crippen LogP contribution in [-0.2, 0) is 9.59 Å². The monoisotopic (exact) mass is 292 g/mol. The topological polar surface area (TPSA) is 34.1 Å². The van der Waals surface area contributed by atoms with Crippen LogP contribution in [0.2, 0.25) is 0 Å². The van der Waals surface area contributed by atoms with E-state index < -0.39 is 5.67 Å². The minimum atomic E-state index is -1.12. The first-order valence-corrected chi connectivity index (χ1v) is 8.69. The smallest absolute Gasteiger partial charge is 0.139 e. The van der Waals surface area contributed by atoms with Crippen molar-refractivity contribution < 1.29 is 14.0 Å². The van der Waals surface area contributed by atoms with Crippen molar-refractivity contribution in [2.45, 2.75) is 70.4 Å². The molecule has 21 heavy (non-hydrogen) atoms. The summed E-state index contributed by atoms with van der Waals surface area (Å²) in [5.74, 6) is 1.51. The predicted octanol–water partition coefficient (Wildman–Crippen LogP) is 3.87. The van der Waals surface area contributed by atoms with Crippen LogP contribution in [0.25, 0.3) is 0 Å². The summed E-state index contributed by atoms with van der Waals surface area (Å²) in [6.45, 7) is 2.13. The lowest BCUT2D eigenvalue weighted by molar-refractivity contribution is -0.151. The fourth-order valence-corrected chi connectivity index (χ4v) is 6.36. The molecule has 4 aliphatic rings. The molecule has 6 atom stereocenters. The van der Waals surface area contributed by atoms with E-state index in [-0.39, 0.29) is 23.0 Å². The molecule has 4 saturated carbocycles. The van der Waals surface area contributed by atoms with Crippen LogP contribution < -0.4 is 0 Å². The maximum Gasteiger partial charge on any atom is 0.139 e. The zero-order valence-corrected chi connectivity index (χ0v) is 12.9. The van der Waals surface area contributed by atoms with Crippen LogP contribution in [0, 0.1) is 29.1 Å². The van der Waals surface area contributed by atoms with Crippen LogP contribution in [0.3, 0.4) is 0 Å². The normalized spacial score (nSPS) is 53.0. The molecule has 116 valence electrons. The lowest BCUT2D eigenvalue weighted by atomic mass is 9.49. The summed E-state index contributed by atoms with van der Waals surface area (Å²) in [6, 6.07) is 0. The van der Waals surface area contributed by atoms with Crippen LogP contribution in [0.1, 0.15) is 64.7 Å². The van der Waals surface area contributed by atoms with Crippen molar-refractivity contribution >= 4 is 11.6 Å². The molecule has 0 aromatic heterocycles. The van der Waals surface area contributed by atoms with E-state index in [4.69, 9.17) is 0 Å². The molecule has 0 aliphatic heterocycles. The second-order valence-electron chi connectivity index (χ2n) is 8.24. The second kappa shape index (κ2) is 4.39. The van der Waals surface area contributed by atoms with Gasteiger partial charge in [0.15, 0.2) is 0 Å². The molecule has 0 bridgehead atoms. The van der Waals surface area contributed by atoms with Gasteiger partial charge in [0.1, 0.15) is 17.2 Å². The summed E-state index contributed by atoms with van der Waals surface area (Å²) < 4.78 is 15.8. The Kier molecular flexibility index (Phi) is 2.91. The molecular formula is C18H25FO2. The molecule has 4 fully saturated rings. The van der Waals surface area contributed by atoms with Gasteiger partial charge in [-0.15, -0.1) is 0 Å². The van der Waals surface area contributed by atoms with Gasteiger partial charge in [0, 0.05) is 30.6 Å². The Labute approximate surface area is 125 Å². The van der Waals surface area contributed by atoms with Gasteiger partial charge >= 0.3 is 0 Å². The number of hydrogen-bond donors (Lipinski definition) is 0. The second-order valence-corrected chi connectivity index (χ2v) is 8.24. The van der Waals surface area contributed by atoms with Gasteiger partial charge in [-0.2, -0.15) is 0 Å². The third kappa shape index (κ3) is 1.75. The summed E-state index contributed by atoms with van der Waals surface area (Å²) in [4.78, 5) is 24.0. The molecule has 4 rings (SSSR count). The number of rotatable bonds is 0. The van der Waals surface area contributed by atoms with Crippen LogP contribution in [0.4, 0.5) is 4.39 Å². The Morgan fingerprint density at radius 3 is 2.62 bits per heavy atom. The van der Waals surface area contributed by atoms with Gasteiger partial charge in [0.25, 0.3) is 0 Å². The Hall–Kier alpha value is -0.730. The number of hydrogen-bond acceptors (Lipinski definition) is 2. The van der Waals surface area contributed by atoms with Crippen molar-refractivity contribution in [3.05, 3.63) is 0 Å². The molecule has 0 N–H and O–H groups in total. The number of halogens is 1. The van der Waals surface area contributed by atoms with Crippen molar-refractivity contribution in [1.82, 2.24) is 0 Å². The number of ketones is 2. The predicted molar refractivity (Wildman–Crippen MR) is 77.5 cm³/mol. The average Bonchev–Trinajstić information content (AvgIpc) is 2.76. The van der Waals surface area contributed by atoms with E-state index in [1.807, 2.05) is 0 Å². The zero-order valence-electron chi connectivity index (χ0n) is 12.9. The van der Waals surface area contributed by atoms with Crippen molar-refractivity contribution in [3.8, 4) is 0 Å². The molecule has 0 amide bonds. The lowest BCUT2D eigenvalue weighted by Gasteiger charge is -2.56. The van der Waals surface area contributed by atoms with E-state index in [0.29, 0.717) is 43.3 Å². The summed E-state index contributed by atoms with van der Waals surface area (Å²) in [6.07, 6.45) is 6.59. The highest BCUT2D eigenvalue weighted by molar-refractivity contribution is 5.87. The maximum atomic E-state index is 15.8. The van der Waals surface area contributed by atoms with Crippen molar-refractivity contribution in [1.29, 1.82) is 0 Å². The Bertz CT molecular complexity index is 501. The first-order valence-electron chi connectivity index (χ1n) is 8.69. The number of alkyl halides is 1. The molecule has 4 aliphatic carbocycles. The molecule has 0 radical (unpaired) electrons. The Morgan fingerprint density at radius 2 is 1.81 bits per heavy atom. The third-order valence-electron chi connectivity index (χ3n) is 7.55. The molecule has 2 nitrogen and oxygen atoms in total. The standard InChI is InChI=1S/C18H25FO2/c1-17-8-7-15-13(14(17)4-5-16(17)21)3-2-11-10-12(20)6-9-18(11,15)19/h11,13-15H,2-10H2,1H3/t11-,13+,14+,15?,17+,18-/m1/s1. The molecule has 0 aromatic rings. The number of Topliss-reactive ketones (excluding diaryl/α,β-unsaturated/α-hetero) is 2. The minimum absolute atomic E-state index is 0.0403. The molecular weight excluding hydrogens is 267 g/mol. The highest BCUT2D eigenvalue weighted by atomic mass is 19.1. The summed E-state index contributed by atoms with van der Waals surface area (Å²) in [5, 5.41) is 0. The van der Waals surface area contributed by atoms with E-state index >= 15 is 4.39 Å². The molecule has 1 unspecified atom stereocenters. The highest BCUT2D eigenvalue weighted by Gasteiger charge is 2.62. The van der Waals surface area contributed by atoms with Crippen LogP contribution in [0.15, 0.2) is 0 Å². The SMILES string of the molecule is C[C@]12CCC3[C@@H](CC[C@@H]4CC(=O)CC[C@]34F)[C@@H]1CCC2=O. The molecule has 0 aromatic carbocycles. The molecule has 0 heterocycles. The van der Waals surface area contributed by atoms with Crippen molar-refractivity contribution in [3.63, 3.8) is 0 Å². The van der Waals surface area contributed by atoms with Gasteiger partial charge in [0.2, 0.25) is 0 Å². The maximum absolute atomic E-state index is 15.8.